The number of carbonyl (C=O) groups is 1. The summed E-state index contributed by atoms with van der Waals surface area (Å²) in [5.74, 6) is 0.744. The van der Waals surface area contributed by atoms with Crippen molar-refractivity contribution in [3.8, 4) is 11.5 Å². The van der Waals surface area contributed by atoms with E-state index < -0.39 is 5.91 Å². The number of hydrogen-bond donors (Lipinski definition) is 2. The van der Waals surface area contributed by atoms with Crippen molar-refractivity contribution in [3.63, 3.8) is 0 Å². The second kappa shape index (κ2) is 9.15. The van der Waals surface area contributed by atoms with Crippen molar-refractivity contribution in [2.75, 3.05) is 19.8 Å². The average molecular weight is 425 g/mol. The summed E-state index contributed by atoms with van der Waals surface area (Å²) in [6, 6.07) is 16.0. The zero-order valence-corrected chi connectivity index (χ0v) is 16.9. The number of aromatic hydroxyl groups is 1. The average Bonchev–Trinajstić information content (AvgIpc) is 3.28. The van der Waals surface area contributed by atoms with Crippen LogP contribution in [0.3, 0.4) is 0 Å². The summed E-state index contributed by atoms with van der Waals surface area (Å²) in [6.07, 6.45) is 2.62. The predicted octanol–water partition coefficient (Wildman–Crippen LogP) is 4.38. The zero-order chi connectivity index (χ0) is 20.9. The summed E-state index contributed by atoms with van der Waals surface area (Å²) in [5, 5.41) is 15.6. The van der Waals surface area contributed by atoms with E-state index in [0.717, 1.165) is 41.7 Å². The molecular formula is C23H21ClN2O4. The fourth-order valence-corrected chi connectivity index (χ4v) is 3.51. The molecule has 1 heterocycles. The van der Waals surface area contributed by atoms with E-state index in [9.17, 15) is 9.90 Å². The molecule has 0 aromatic heterocycles. The molecule has 1 atom stereocenters. The molecule has 0 radical (unpaired) electrons. The Kier molecular flexibility index (Phi) is 6.16. The molecule has 0 bridgehead atoms. The minimum absolute atomic E-state index is 0.0778. The Bertz CT molecular complexity index is 1090. The minimum atomic E-state index is -0.420. The van der Waals surface area contributed by atoms with Crippen LogP contribution in [0.4, 0.5) is 0 Å². The van der Waals surface area contributed by atoms with Gasteiger partial charge in [0.1, 0.15) is 11.5 Å². The normalized spacial score (nSPS) is 16.2. The van der Waals surface area contributed by atoms with Crippen LogP contribution in [0.25, 0.3) is 10.8 Å². The van der Waals surface area contributed by atoms with Gasteiger partial charge in [0.25, 0.3) is 5.91 Å². The van der Waals surface area contributed by atoms with Gasteiger partial charge in [-0.25, -0.2) is 5.43 Å². The maximum Gasteiger partial charge on any atom is 0.271 e. The summed E-state index contributed by atoms with van der Waals surface area (Å²) in [7, 11) is 0. The third-order valence-electron chi connectivity index (χ3n) is 5.00. The molecule has 1 saturated heterocycles. The lowest BCUT2D eigenvalue weighted by Crippen LogP contribution is -2.17. The molecule has 154 valence electrons. The van der Waals surface area contributed by atoms with Gasteiger partial charge in [-0.1, -0.05) is 35.9 Å². The Morgan fingerprint density at radius 2 is 2.07 bits per heavy atom. The lowest BCUT2D eigenvalue weighted by molar-refractivity contribution is 0.0955. The number of fused-ring (bicyclic) bond motifs is 1. The van der Waals surface area contributed by atoms with Crippen molar-refractivity contribution in [2.24, 2.45) is 11.0 Å². The second-order valence-corrected chi connectivity index (χ2v) is 7.51. The van der Waals surface area contributed by atoms with E-state index in [0.29, 0.717) is 18.1 Å². The number of phenols is 1. The number of carbonyl (C=O) groups excluding carboxylic acids is 1. The van der Waals surface area contributed by atoms with Crippen LogP contribution in [0.5, 0.6) is 11.5 Å². The summed E-state index contributed by atoms with van der Waals surface area (Å²) in [6.45, 7) is 2.17. The van der Waals surface area contributed by atoms with Crippen molar-refractivity contribution in [2.45, 2.75) is 6.42 Å². The minimum Gasteiger partial charge on any atom is -0.506 e. The summed E-state index contributed by atoms with van der Waals surface area (Å²) in [4.78, 5) is 12.2. The Hall–Kier alpha value is -3.09. The zero-order valence-electron chi connectivity index (χ0n) is 16.2. The highest BCUT2D eigenvalue weighted by Crippen LogP contribution is 2.29. The van der Waals surface area contributed by atoms with E-state index in [4.69, 9.17) is 21.1 Å². The van der Waals surface area contributed by atoms with Gasteiger partial charge in [0, 0.05) is 29.0 Å². The van der Waals surface area contributed by atoms with Crippen molar-refractivity contribution in [1.82, 2.24) is 5.43 Å². The number of benzene rings is 3. The van der Waals surface area contributed by atoms with Crippen LogP contribution in [-0.4, -0.2) is 37.0 Å². The first-order valence-electron chi connectivity index (χ1n) is 9.66. The van der Waals surface area contributed by atoms with Crippen LogP contribution in [0.2, 0.25) is 5.02 Å². The van der Waals surface area contributed by atoms with Gasteiger partial charge < -0.3 is 14.6 Å². The van der Waals surface area contributed by atoms with Crippen molar-refractivity contribution >= 4 is 34.5 Å². The highest BCUT2D eigenvalue weighted by atomic mass is 35.5. The number of amides is 1. The van der Waals surface area contributed by atoms with Crippen molar-refractivity contribution < 1.29 is 19.4 Å². The number of nitrogens with zero attached hydrogens (tertiary/aromatic N) is 1. The molecule has 7 heteroatoms. The highest BCUT2D eigenvalue weighted by Gasteiger charge is 2.17. The van der Waals surface area contributed by atoms with Crippen LogP contribution in [0.15, 0.2) is 59.7 Å². The topological polar surface area (TPSA) is 80.2 Å². The number of ether oxygens (including phenoxy) is 2. The molecule has 2 N–H and O–H groups in total. The number of hydrazone groups is 1. The molecule has 6 nitrogen and oxygen atoms in total. The summed E-state index contributed by atoms with van der Waals surface area (Å²) < 4.78 is 11.5. The quantitative estimate of drug-likeness (QED) is 0.454. The van der Waals surface area contributed by atoms with Crippen LogP contribution in [0, 0.1) is 5.92 Å². The second-order valence-electron chi connectivity index (χ2n) is 7.10. The molecule has 3 aromatic carbocycles. The molecule has 1 aliphatic heterocycles. The largest absolute Gasteiger partial charge is 0.506 e. The van der Waals surface area contributed by atoms with E-state index in [1.807, 2.05) is 36.4 Å². The molecule has 3 aromatic rings. The van der Waals surface area contributed by atoms with E-state index in [1.165, 1.54) is 18.2 Å². The van der Waals surface area contributed by atoms with Crippen LogP contribution in [0.1, 0.15) is 22.3 Å². The van der Waals surface area contributed by atoms with Gasteiger partial charge in [0.05, 0.1) is 24.5 Å². The summed E-state index contributed by atoms with van der Waals surface area (Å²) in [5.41, 5.74) is 3.64. The van der Waals surface area contributed by atoms with E-state index >= 15 is 0 Å². The first kappa shape index (κ1) is 20.2. The molecule has 1 amide bonds. The molecular weight excluding hydrogens is 404 g/mol. The maximum absolute atomic E-state index is 12.2. The maximum atomic E-state index is 12.2. The van der Waals surface area contributed by atoms with Gasteiger partial charge in [-0.15, -0.1) is 0 Å². The van der Waals surface area contributed by atoms with Crippen molar-refractivity contribution in [1.29, 1.82) is 0 Å². The predicted molar refractivity (Wildman–Crippen MR) is 117 cm³/mol. The Morgan fingerprint density at radius 1 is 1.23 bits per heavy atom. The van der Waals surface area contributed by atoms with Crippen molar-refractivity contribution in [3.05, 3.63) is 70.7 Å². The molecule has 1 aliphatic rings. The molecule has 0 saturated carbocycles. The standard InChI is InChI=1S/C23H21ClN2O4/c24-20-11-16(5-7-21(20)27)23(28)26-25-12-17-6-8-22(19-4-2-1-3-18(17)19)30-14-15-9-10-29-13-15/h1-8,11-12,15,27H,9-10,13-14H2,(H,26,28). The SMILES string of the molecule is O=C(NN=Cc1ccc(OCC2CCOC2)c2ccccc12)c1ccc(O)c(Cl)c1. The van der Waals surface area contributed by atoms with E-state index in [2.05, 4.69) is 10.5 Å². The Labute approximate surface area is 179 Å². The fraction of sp³-hybridized carbons (Fsp3) is 0.217. The number of phenolic OH excluding ortho intramolecular Hbond substituents is 1. The van der Waals surface area contributed by atoms with Crippen LogP contribution in [-0.2, 0) is 4.74 Å². The lowest BCUT2D eigenvalue weighted by Gasteiger charge is -2.13. The number of hydrogen-bond acceptors (Lipinski definition) is 5. The number of rotatable bonds is 6. The highest BCUT2D eigenvalue weighted by molar-refractivity contribution is 6.32. The van der Waals surface area contributed by atoms with E-state index in [1.54, 1.807) is 6.21 Å². The first-order valence-corrected chi connectivity index (χ1v) is 10.0. The molecule has 0 aliphatic carbocycles. The Morgan fingerprint density at radius 3 is 2.83 bits per heavy atom. The third-order valence-corrected chi connectivity index (χ3v) is 5.30. The molecule has 1 unspecified atom stereocenters. The van der Waals surface area contributed by atoms with Gasteiger partial charge in [0.2, 0.25) is 0 Å². The fourth-order valence-electron chi connectivity index (χ4n) is 3.33. The Balaban J connectivity index is 1.49. The number of nitrogens with one attached hydrogen (secondary N) is 1. The molecule has 1 fully saturated rings. The van der Waals surface area contributed by atoms with Crippen LogP contribution < -0.4 is 10.2 Å². The molecule has 30 heavy (non-hydrogen) atoms. The first-order chi connectivity index (χ1) is 14.6. The third kappa shape index (κ3) is 4.56. The van der Waals surface area contributed by atoms with Gasteiger partial charge in [-0.2, -0.15) is 5.10 Å². The molecule has 4 rings (SSSR count). The van der Waals surface area contributed by atoms with Gasteiger partial charge in [-0.3, -0.25) is 4.79 Å². The lowest BCUT2D eigenvalue weighted by atomic mass is 10.0. The van der Waals surface area contributed by atoms with Gasteiger partial charge in [-0.05, 0) is 42.1 Å². The van der Waals surface area contributed by atoms with E-state index in [-0.39, 0.29) is 10.8 Å². The summed E-state index contributed by atoms with van der Waals surface area (Å²) >= 11 is 5.85. The molecule has 0 spiro atoms. The smallest absolute Gasteiger partial charge is 0.271 e. The van der Waals surface area contributed by atoms with Gasteiger partial charge in [0.15, 0.2) is 0 Å². The van der Waals surface area contributed by atoms with Crippen LogP contribution >= 0.6 is 11.6 Å². The monoisotopic (exact) mass is 424 g/mol. The van der Waals surface area contributed by atoms with Gasteiger partial charge >= 0.3 is 0 Å². The number of halogens is 1.